The summed E-state index contributed by atoms with van der Waals surface area (Å²) in [7, 11) is 0. The van der Waals surface area contributed by atoms with E-state index in [1.54, 1.807) is 0 Å². The van der Waals surface area contributed by atoms with E-state index in [0.29, 0.717) is 0 Å². The molecule has 0 aliphatic carbocycles. The highest BCUT2D eigenvalue weighted by Gasteiger charge is 2.03. The molecule has 0 spiro atoms. The van der Waals surface area contributed by atoms with Crippen molar-refractivity contribution in [2.24, 2.45) is 0 Å². The highest BCUT2D eigenvalue weighted by atomic mass is 16.6. The largest absolute Gasteiger partial charge is 0.503 e. The fraction of sp³-hybridized carbons (Fsp3) is 0.480. The van der Waals surface area contributed by atoms with Gasteiger partial charge < -0.3 is 10.2 Å². The molecule has 2 N–H and O–H groups in total. The lowest BCUT2D eigenvalue weighted by Gasteiger charge is -2.09. The average Bonchev–Trinajstić information content (AvgIpc) is 2.70. The van der Waals surface area contributed by atoms with E-state index in [1.807, 2.05) is 0 Å². The van der Waals surface area contributed by atoms with Crippen LogP contribution in [0.1, 0.15) is 76.7 Å². The molecule has 0 fully saturated rings. The fourth-order valence-electron chi connectivity index (χ4n) is 3.44. The monoisotopic (exact) mass is 384 g/mol. The van der Waals surface area contributed by atoms with Crippen LogP contribution >= 0.6 is 0 Å². The van der Waals surface area contributed by atoms with Gasteiger partial charge in [-0.05, 0) is 29.5 Å². The molecule has 0 aromatic heterocycles. The minimum Gasteiger partial charge on any atom is -0.450 e. The zero-order valence-corrected chi connectivity index (χ0v) is 17.3. The maximum absolute atomic E-state index is 8.56. The Morgan fingerprint density at radius 2 is 1.14 bits per heavy atom. The summed E-state index contributed by atoms with van der Waals surface area (Å²) < 4.78 is 0. The molecule has 0 amide bonds. The highest BCUT2D eigenvalue weighted by molar-refractivity contribution is 5.67. The number of aryl methyl sites for hydroxylation is 1. The maximum Gasteiger partial charge on any atom is 0.503 e. The van der Waals surface area contributed by atoms with Gasteiger partial charge in [-0.3, -0.25) is 0 Å². The highest BCUT2D eigenvalue weighted by Crippen LogP contribution is 2.25. The molecule has 0 heterocycles. The molecule has 2 rings (SSSR count). The number of benzene rings is 2. The van der Waals surface area contributed by atoms with Gasteiger partial charge in [0.15, 0.2) is 0 Å². The Balaban J connectivity index is 0.000000892. The van der Waals surface area contributed by atoms with Gasteiger partial charge in [-0.25, -0.2) is 4.79 Å². The summed E-state index contributed by atoms with van der Waals surface area (Å²) in [4.78, 5) is 8.56. The van der Waals surface area contributed by atoms with Gasteiger partial charge in [0.1, 0.15) is 0 Å². The number of hydrogen-bond acceptors (Lipinski definition) is 1. The second-order valence-corrected chi connectivity index (χ2v) is 7.24. The maximum atomic E-state index is 8.56. The number of unbranched alkanes of at least 4 members (excludes halogenated alkanes) is 9. The van der Waals surface area contributed by atoms with Crippen molar-refractivity contribution in [3.63, 3.8) is 0 Å². The van der Waals surface area contributed by atoms with Gasteiger partial charge in [0.05, 0.1) is 0 Å². The SMILES string of the molecule is CCCCCCCCCCCCc1ccccc1-c1ccccc1.O=C(O)O. The summed E-state index contributed by atoms with van der Waals surface area (Å²) in [6.45, 7) is 2.29. The van der Waals surface area contributed by atoms with Crippen LogP contribution in [0.25, 0.3) is 11.1 Å². The molecule has 0 saturated heterocycles. The van der Waals surface area contributed by atoms with Gasteiger partial charge in [-0.15, -0.1) is 0 Å². The van der Waals surface area contributed by atoms with Crippen molar-refractivity contribution < 1.29 is 15.0 Å². The number of hydrogen-bond donors (Lipinski definition) is 2. The van der Waals surface area contributed by atoms with Gasteiger partial charge in [0.25, 0.3) is 0 Å². The summed E-state index contributed by atoms with van der Waals surface area (Å²) in [6.07, 6.45) is 13.4. The minimum atomic E-state index is -1.83. The lowest BCUT2D eigenvalue weighted by Crippen LogP contribution is -1.91. The van der Waals surface area contributed by atoms with Gasteiger partial charge in [-0.1, -0.05) is 119 Å². The van der Waals surface area contributed by atoms with Crippen molar-refractivity contribution in [1.29, 1.82) is 0 Å². The Labute approximate surface area is 170 Å². The standard InChI is InChI=1S/C24H34.CH2O3/c1-2-3-4-5-6-7-8-9-10-12-17-23-20-15-16-21-24(23)22-18-13-11-14-19-22;2-1(3)4/h11,13-16,18-21H,2-10,12,17H2,1H3;(H2,2,3,4). The zero-order valence-electron chi connectivity index (χ0n) is 17.3. The Kier molecular flexibility index (Phi) is 13.3. The quantitative estimate of drug-likeness (QED) is 0.364. The number of carboxylic acid groups (broad SMARTS) is 2. The van der Waals surface area contributed by atoms with E-state index in [1.165, 1.54) is 87.3 Å². The van der Waals surface area contributed by atoms with Crippen molar-refractivity contribution in [1.82, 2.24) is 0 Å². The molecule has 28 heavy (non-hydrogen) atoms. The Bertz CT molecular complexity index is 633. The van der Waals surface area contributed by atoms with Crippen molar-refractivity contribution in [3.8, 4) is 11.1 Å². The van der Waals surface area contributed by atoms with Gasteiger partial charge >= 0.3 is 6.16 Å². The predicted molar refractivity (Wildman–Crippen MR) is 118 cm³/mol. The van der Waals surface area contributed by atoms with E-state index in [4.69, 9.17) is 15.0 Å². The smallest absolute Gasteiger partial charge is 0.450 e. The summed E-state index contributed by atoms with van der Waals surface area (Å²) >= 11 is 0. The summed E-state index contributed by atoms with van der Waals surface area (Å²) in [5.74, 6) is 0. The first-order chi connectivity index (χ1) is 13.6. The van der Waals surface area contributed by atoms with Gasteiger partial charge in [0.2, 0.25) is 0 Å². The Morgan fingerprint density at radius 3 is 1.71 bits per heavy atom. The molecule has 0 bridgehead atoms. The first-order valence-electron chi connectivity index (χ1n) is 10.7. The van der Waals surface area contributed by atoms with E-state index >= 15 is 0 Å². The predicted octanol–water partition coefficient (Wildman–Crippen LogP) is 8.04. The van der Waals surface area contributed by atoms with E-state index in [9.17, 15) is 0 Å². The first kappa shape index (κ1) is 23.7. The lowest BCUT2D eigenvalue weighted by molar-refractivity contribution is 0.137. The summed E-state index contributed by atoms with van der Waals surface area (Å²) in [5, 5.41) is 13.9. The molecule has 154 valence electrons. The molecule has 2 aromatic rings. The molecule has 0 unspecified atom stereocenters. The molecule has 0 saturated carbocycles. The van der Waals surface area contributed by atoms with E-state index in [-0.39, 0.29) is 0 Å². The molecule has 2 aromatic carbocycles. The number of rotatable bonds is 12. The lowest BCUT2D eigenvalue weighted by atomic mass is 9.95. The molecule has 0 aliphatic heterocycles. The summed E-state index contributed by atoms with van der Waals surface area (Å²) in [5.41, 5.74) is 4.26. The first-order valence-corrected chi connectivity index (χ1v) is 10.7. The zero-order chi connectivity index (χ0) is 20.5. The van der Waals surface area contributed by atoms with Crippen molar-refractivity contribution >= 4 is 6.16 Å². The molecule has 3 heteroatoms. The third-order valence-corrected chi connectivity index (χ3v) is 4.90. The van der Waals surface area contributed by atoms with Crippen LogP contribution in [0.4, 0.5) is 4.79 Å². The topological polar surface area (TPSA) is 57.5 Å². The van der Waals surface area contributed by atoms with Gasteiger partial charge in [0, 0.05) is 0 Å². The van der Waals surface area contributed by atoms with Crippen LogP contribution in [0.15, 0.2) is 54.6 Å². The van der Waals surface area contributed by atoms with E-state index < -0.39 is 6.16 Å². The van der Waals surface area contributed by atoms with Crippen molar-refractivity contribution in [2.45, 2.75) is 77.6 Å². The van der Waals surface area contributed by atoms with Crippen molar-refractivity contribution in [3.05, 3.63) is 60.2 Å². The third-order valence-electron chi connectivity index (χ3n) is 4.90. The third kappa shape index (κ3) is 11.4. The normalized spacial score (nSPS) is 10.2. The van der Waals surface area contributed by atoms with E-state index in [2.05, 4.69) is 61.5 Å². The molecule has 3 nitrogen and oxygen atoms in total. The van der Waals surface area contributed by atoms with Crippen LogP contribution < -0.4 is 0 Å². The van der Waals surface area contributed by atoms with Crippen molar-refractivity contribution in [2.75, 3.05) is 0 Å². The Hall–Kier alpha value is -2.29. The minimum absolute atomic E-state index is 1.21. The van der Waals surface area contributed by atoms with Crippen LogP contribution in [0.2, 0.25) is 0 Å². The molecule has 0 atom stereocenters. The van der Waals surface area contributed by atoms with E-state index in [0.717, 1.165) is 0 Å². The molecule has 0 radical (unpaired) electrons. The molecular formula is C25H36O3. The van der Waals surface area contributed by atoms with Crippen LogP contribution in [-0.2, 0) is 6.42 Å². The Morgan fingerprint density at radius 1 is 0.679 bits per heavy atom. The number of carbonyl (C=O) groups is 1. The van der Waals surface area contributed by atoms with Crippen LogP contribution in [-0.4, -0.2) is 16.4 Å². The second kappa shape index (κ2) is 15.7. The fourth-order valence-corrected chi connectivity index (χ4v) is 3.44. The average molecular weight is 385 g/mol. The van der Waals surface area contributed by atoms with Crippen LogP contribution in [0, 0.1) is 0 Å². The van der Waals surface area contributed by atoms with Crippen LogP contribution in [0.5, 0.6) is 0 Å². The molecular weight excluding hydrogens is 348 g/mol. The second-order valence-electron chi connectivity index (χ2n) is 7.24. The molecule has 0 aliphatic rings. The summed E-state index contributed by atoms with van der Waals surface area (Å²) in [6, 6.07) is 19.7. The van der Waals surface area contributed by atoms with Crippen LogP contribution in [0.3, 0.4) is 0 Å². The van der Waals surface area contributed by atoms with Gasteiger partial charge in [-0.2, -0.15) is 0 Å².